The second-order valence-electron chi connectivity index (χ2n) is 6.18. The number of carbonyl (C=O) groups excluding carboxylic acids is 1. The molecule has 0 spiro atoms. The van der Waals surface area contributed by atoms with E-state index in [-0.39, 0.29) is 5.78 Å². The zero-order chi connectivity index (χ0) is 15.9. The Hall–Kier alpha value is -2.19. The van der Waals surface area contributed by atoms with Crippen molar-refractivity contribution >= 4 is 11.4 Å². The predicted molar refractivity (Wildman–Crippen MR) is 88.4 cm³/mol. The van der Waals surface area contributed by atoms with Gasteiger partial charge >= 0.3 is 0 Å². The Morgan fingerprint density at radius 2 is 1.41 bits per heavy atom. The maximum absolute atomic E-state index is 12.2. The molecule has 2 unspecified atom stereocenters. The van der Waals surface area contributed by atoms with Crippen LogP contribution in [0.15, 0.2) is 54.6 Å². The van der Waals surface area contributed by atoms with Crippen LogP contribution >= 0.6 is 0 Å². The molecule has 2 aromatic rings. The van der Waals surface area contributed by atoms with Crippen LogP contribution < -0.4 is 0 Å². The van der Waals surface area contributed by atoms with Crippen molar-refractivity contribution in [2.75, 3.05) is 0 Å². The molecule has 0 fully saturated rings. The highest BCUT2D eigenvalue weighted by Crippen LogP contribution is 2.47. The Labute approximate surface area is 131 Å². The van der Waals surface area contributed by atoms with Gasteiger partial charge in [0.2, 0.25) is 0 Å². The van der Waals surface area contributed by atoms with Crippen LogP contribution in [0.2, 0.25) is 0 Å². The minimum atomic E-state index is -1.26. The summed E-state index contributed by atoms with van der Waals surface area (Å²) in [6, 6.07) is 15.7. The maximum atomic E-state index is 12.2. The van der Waals surface area contributed by atoms with Crippen LogP contribution in [0.4, 0.5) is 0 Å². The number of ketones is 1. The molecule has 0 amide bonds. The molecule has 1 aliphatic rings. The molecule has 0 aromatic heterocycles. The van der Waals surface area contributed by atoms with Gasteiger partial charge in [-0.1, -0.05) is 66.6 Å². The van der Waals surface area contributed by atoms with Crippen molar-refractivity contribution in [3.05, 3.63) is 76.9 Å². The lowest BCUT2D eigenvalue weighted by Crippen LogP contribution is -2.33. The third-order valence-corrected chi connectivity index (χ3v) is 4.60. The number of hydrogen-bond acceptors (Lipinski definition) is 2. The van der Waals surface area contributed by atoms with E-state index in [4.69, 9.17) is 0 Å². The summed E-state index contributed by atoms with van der Waals surface area (Å²) in [5, 5.41) is 11.4. The van der Waals surface area contributed by atoms with E-state index < -0.39 is 11.5 Å². The largest absolute Gasteiger partial charge is 0.380 e. The Kier molecular flexibility index (Phi) is 3.50. The van der Waals surface area contributed by atoms with E-state index in [1.54, 1.807) is 13.0 Å². The minimum absolute atomic E-state index is 0.0290. The van der Waals surface area contributed by atoms with Crippen molar-refractivity contribution < 1.29 is 9.90 Å². The molecular weight excluding hydrogens is 272 g/mol. The van der Waals surface area contributed by atoms with E-state index in [1.165, 1.54) is 0 Å². The Bertz CT molecular complexity index is 738. The van der Waals surface area contributed by atoms with E-state index in [0.29, 0.717) is 5.57 Å². The highest BCUT2D eigenvalue weighted by Gasteiger charge is 2.47. The first-order valence-corrected chi connectivity index (χ1v) is 7.55. The zero-order valence-corrected chi connectivity index (χ0v) is 13.1. The smallest absolute Gasteiger partial charge is 0.162 e. The molecule has 1 aliphatic carbocycles. The lowest BCUT2D eigenvalue weighted by Gasteiger charge is -2.31. The van der Waals surface area contributed by atoms with Gasteiger partial charge in [-0.2, -0.15) is 0 Å². The van der Waals surface area contributed by atoms with E-state index in [0.717, 1.165) is 22.3 Å². The van der Waals surface area contributed by atoms with Crippen LogP contribution in [0.5, 0.6) is 0 Å². The minimum Gasteiger partial charge on any atom is -0.380 e. The molecule has 0 radical (unpaired) electrons. The third kappa shape index (κ3) is 2.20. The molecule has 2 atom stereocenters. The van der Waals surface area contributed by atoms with E-state index in [2.05, 4.69) is 0 Å². The predicted octanol–water partition coefficient (Wildman–Crippen LogP) is 3.79. The van der Waals surface area contributed by atoms with Gasteiger partial charge in [0.25, 0.3) is 0 Å². The van der Waals surface area contributed by atoms with Crippen LogP contribution in [0.1, 0.15) is 29.2 Å². The van der Waals surface area contributed by atoms with Crippen molar-refractivity contribution in [1.82, 2.24) is 0 Å². The van der Waals surface area contributed by atoms with Gasteiger partial charge in [0.15, 0.2) is 5.78 Å². The summed E-state index contributed by atoms with van der Waals surface area (Å²) in [6.45, 7) is 5.82. The van der Waals surface area contributed by atoms with Crippen molar-refractivity contribution in [1.29, 1.82) is 0 Å². The van der Waals surface area contributed by atoms with Crippen molar-refractivity contribution in [2.45, 2.75) is 26.4 Å². The molecule has 2 heteroatoms. The van der Waals surface area contributed by atoms with Crippen molar-refractivity contribution in [2.24, 2.45) is 5.92 Å². The molecule has 0 aliphatic heterocycles. The number of carbonyl (C=O) groups is 1. The van der Waals surface area contributed by atoms with Gasteiger partial charge in [-0.15, -0.1) is 0 Å². The first-order valence-electron chi connectivity index (χ1n) is 7.55. The van der Waals surface area contributed by atoms with Crippen molar-refractivity contribution in [3.63, 3.8) is 0 Å². The van der Waals surface area contributed by atoms with Gasteiger partial charge in [0.1, 0.15) is 5.60 Å². The normalized spacial score (nSPS) is 24.5. The summed E-state index contributed by atoms with van der Waals surface area (Å²) in [5.41, 5.74) is 3.37. The van der Waals surface area contributed by atoms with E-state index in [1.807, 2.05) is 62.4 Å². The standard InChI is InChI=1S/C20H20O2/c1-13-4-8-16(9-5-13)18-12-19(21)15(3)20(18,22)17-10-6-14(2)7-11-17/h4-12,15,22H,1-3H3. The molecule has 3 rings (SSSR count). The van der Waals surface area contributed by atoms with Gasteiger partial charge in [0, 0.05) is 0 Å². The average molecular weight is 292 g/mol. The number of benzene rings is 2. The Morgan fingerprint density at radius 3 is 1.95 bits per heavy atom. The highest BCUT2D eigenvalue weighted by atomic mass is 16.3. The quantitative estimate of drug-likeness (QED) is 0.914. The molecule has 0 saturated carbocycles. The number of aryl methyl sites for hydroxylation is 2. The first kappa shape index (κ1) is 14.7. The molecule has 2 nitrogen and oxygen atoms in total. The van der Waals surface area contributed by atoms with Crippen LogP contribution in [0.25, 0.3) is 5.57 Å². The number of hydrogen-bond donors (Lipinski definition) is 1. The molecule has 1 N–H and O–H groups in total. The summed E-state index contributed by atoms with van der Waals surface area (Å²) in [5.74, 6) is -0.509. The third-order valence-electron chi connectivity index (χ3n) is 4.60. The van der Waals surface area contributed by atoms with Crippen LogP contribution in [0.3, 0.4) is 0 Å². The highest BCUT2D eigenvalue weighted by molar-refractivity contribution is 6.06. The zero-order valence-electron chi connectivity index (χ0n) is 13.1. The molecule has 22 heavy (non-hydrogen) atoms. The van der Waals surface area contributed by atoms with Gasteiger partial charge in [0.05, 0.1) is 5.92 Å². The molecule has 0 bridgehead atoms. The SMILES string of the molecule is Cc1ccc(C2=CC(=O)C(C)C2(O)c2ccc(C)cc2)cc1. The fourth-order valence-electron chi connectivity index (χ4n) is 3.07. The summed E-state index contributed by atoms with van der Waals surface area (Å²) in [7, 11) is 0. The Balaban J connectivity index is 2.14. The average Bonchev–Trinajstić information content (AvgIpc) is 2.74. The molecular formula is C20H20O2. The topological polar surface area (TPSA) is 37.3 Å². The number of aliphatic hydroxyl groups is 1. The summed E-state index contributed by atoms with van der Waals surface area (Å²) >= 11 is 0. The molecule has 112 valence electrons. The monoisotopic (exact) mass is 292 g/mol. The van der Waals surface area contributed by atoms with Crippen molar-refractivity contribution in [3.8, 4) is 0 Å². The number of allylic oxidation sites excluding steroid dienone is 1. The van der Waals surface area contributed by atoms with Gasteiger partial charge in [-0.05, 0) is 36.6 Å². The second kappa shape index (κ2) is 5.22. The van der Waals surface area contributed by atoms with Gasteiger partial charge in [-0.3, -0.25) is 4.79 Å². The lowest BCUT2D eigenvalue weighted by molar-refractivity contribution is -0.121. The fourth-order valence-corrected chi connectivity index (χ4v) is 3.07. The lowest BCUT2D eigenvalue weighted by atomic mass is 9.78. The maximum Gasteiger partial charge on any atom is 0.162 e. The van der Waals surface area contributed by atoms with E-state index >= 15 is 0 Å². The van der Waals surface area contributed by atoms with Crippen LogP contribution in [-0.2, 0) is 10.4 Å². The summed E-state index contributed by atoms with van der Waals surface area (Å²) in [4.78, 5) is 12.2. The van der Waals surface area contributed by atoms with Gasteiger partial charge < -0.3 is 5.11 Å². The summed E-state index contributed by atoms with van der Waals surface area (Å²) < 4.78 is 0. The fraction of sp³-hybridized carbons (Fsp3) is 0.250. The molecule has 0 heterocycles. The molecule has 0 saturated heterocycles. The van der Waals surface area contributed by atoms with Gasteiger partial charge in [-0.25, -0.2) is 0 Å². The Morgan fingerprint density at radius 1 is 0.909 bits per heavy atom. The van der Waals surface area contributed by atoms with Crippen LogP contribution in [-0.4, -0.2) is 10.9 Å². The molecule has 2 aromatic carbocycles. The van der Waals surface area contributed by atoms with E-state index in [9.17, 15) is 9.90 Å². The second-order valence-corrected chi connectivity index (χ2v) is 6.18. The van der Waals surface area contributed by atoms with Crippen LogP contribution in [0, 0.1) is 19.8 Å². The first-order chi connectivity index (χ1) is 10.4. The number of rotatable bonds is 2. The summed E-state index contributed by atoms with van der Waals surface area (Å²) in [6.07, 6.45) is 1.59.